The van der Waals surface area contributed by atoms with Gasteiger partial charge in [0.05, 0.1) is 7.11 Å². The Labute approximate surface area is 89.5 Å². The molecule has 0 radical (unpaired) electrons. The summed E-state index contributed by atoms with van der Waals surface area (Å²) in [4.78, 5) is 0. The normalized spacial score (nSPS) is 15.3. The Hall–Kier alpha value is -1.44. The zero-order valence-electron chi connectivity index (χ0n) is 8.99. The Morgan fingerprint density at radius 3 is 2.93 bits per heavy atom. The van der Waals surface area contributed by atoms with Crippen LogP contribution in [0.4, 0.5) is 0 Å². The van der Waals surface area contributed by atoms with Crippen molar-refractivity contribution in [2.24, 2.45) is 0 Å². The SMILES string of the molecule is COc1ccn2c3c(cc2c1)CCCC3. The molecule has 3 rings (SSSR count). The molecule has 2 aromatic rings. The summed E-state index contributed by atoms with van der Waals surface area (Å²) < 4.78 is 7.54. The number of pyridine rings is 1. The van der Waals surface area contributed by atoms with Crippen molar-refractivity contribution >= 4 is 5.52 Å². The van der Waals surface area contributed by atoms with Gasteiger partial charge in [-0.1, -0.05) is 0 Å². The summed E-state index contributed by atoms with van der Waals surface area (Å²) in [6, 6.07) is 6.44. The second-order valence-corrected chi connectivity index (χ2v) is 4.18. The predicted molar refractivity (Wildman–Crippen MR) is 60.6 cm³/mol. The van der Waals surface area contributed by atoms with Gasteiger partial charge in [0.1, 0.15) is 5.75 Å². The topological polar surface area (TPSA) is 13.6 Å². The number of ether oxygens (including phenoxy) is 1. The van der Waals surface area contributed by atoms with Crippen molar-refractivity contribution in [2.45, 2.75) is 25.7 Å². The fourth-order valence-corrected chi connectivity index (χ4v) is 2.50. The van der Waals surface area contributed by atoms with Gasteiger partial charge in [-0.3, -0.25) is 0 Å². The van der Waals surface area contributed by atoms with Crippen LogP contribution in [0, 0.1) is 0 Å². The van der Waals surface area contributed by atoms with Crippen molar-refractivity contribution in [1.82, 2.24) is 4.40 Å². The summed E-state index contributed by atoms with van der Waals surface area (Å²) in [6.07, 6.45) is 7.24. The summed E-state index contributed by atoms with van der Waals surface area (Å²) >= 11 is 0. The molecule has 0 bridgehead atoms. The van der Waals surface area contributed by atoms with E-state index in [0.29, 0.717) is 0 Å². The number of aryl methyl sites for hydroxylation is 2. The van der Waals surface area contributed by atoms with Gasteiger partial charge in [0.2, 0.25) is 0 Å². The van der Waals surface area contributed by atoms with Gasteiger partial charge in [-0.05, 0) is 43.4 Å². The number of nitrogens with zero attached hydrogens (tertiary/aromatic N) is 1. The summed E-state index contributed by atoms with van der Waals surface area (Å²) in [7, 11) is 1.72. The molecule has 15 heavy (non-hydrogen) atoms. The van der Waals surface area contributed by atoms with E-state index in [1.807, 2.05) is 6.07 Å². The van der Waals surface area contributed by atoms with Gasteiger partial charge in [-0.2, -0.15) is 0 Å². The van der Waals surface area contributed by atoms with Crippen LogP contribution < -0.4 is 4.74 Å². The largest absolute Gasteiger partial charge is 0.497 e. The van der Waals surface area contributed by atoms with Crippen LogP contribution in [0.3, 0.4) is 0 Å². The third-order valence-electron chi connectivity index (χ3n) is 3.29. The molecule has 2 heteroatoms. The lowest BCUT2D eigenvalue weighted by atomic mass is 9.98. The van der Waals surface area contributed by atoms with Crippen LogP contribution >= 0.6 is 0 Å². The number of rotatable bonds is 1. The Morgan fingerprint density at radius 1 is 1.20 bits per heavy atom. The molecule has 0 aromatic carbocycles. The van der Waals surface area contributed by atoms with Crippen LogP contribution in [0.5, 0.6) is 5.75 Å². The summed E-state index contributed by atoms with van der Waals surface area (Å²) in [5.74, 6) is 0.942. The molecule has 0 amide bonds. The fourth-order valence-electron chi connectivity index (χ4n) is 2.50. The molecule has 0 atom stereocenters. The first-order valence-electron chi connectivity index (χ1n) is 5.55. The Bertz CT molecular complexity index is 498. The third-order valence-corrected chi connectivity index (χ3v) is 3.29. The second-order valence-electron chi connectivity index (χ2n) is 4.18. The molecule has 0 aliphatic heterocycles. The lowest BCUT2D eigenvalue weighted by Gasteiger charge is -2.11. The van der Waals surface area contributed by atoms with E-state index < -0.39 is 0 Å². The van der Waals surface area contributed by atoms with Gasteiger partial charge in [0, 0.05) is 23.5 Å². The first kappa shape index (κ1) is 8.84. The minimum atomic E-state index is 0.942. The van der Waals surface area contributed by atoms with Gasteiger partial charge in [-0.25, -0.2) is 0 Å². The highest BCUT2D eigenvalue weighted by Gasteiger charge is 2.14. The predicted octanol–water partition coefficient (Wildman–Crippen LogP) is 2.83. The van der Waals surface area contributed by atoms with E-state index in [9.17, 15) is 0 Å². The minimum absolute atomic E-state index is 0.942. The Morgan fingerprint density at radius 2 is 2.07 bits per heavy atom. The molecule has 0 spiro atoms. The van der Waals surface area contributed by atoms with E-state index in [1.54, 1.807) is 7.11 Å². The van der Waals surface area contributed by atoms with Crippen molar-refractivity contribution < 1.29 is 4.74 Å². The molecule has 2 aromatic heterocycles. The number of aromatic nitrogens is 1. The Kier molecular flexibility index (Phi) is 1.94. The van der Waals surface area contributed by atoms with Crippen LogP contribution in [0.2, 0.25) is 0 Å². The van der Waals surface area contributed by atoms with Crippen molar-refractivity contribution in [3.05, 3.63) is 35.7 Å². The molecule has 0 N–H and O–H groups in total. The van der Waals surface area contributed by atoms with Gasteiger partial charge in [0.15, 0.2) is 0 Å². The smallest absolute Gasteiger partial charge is 0.122 e. The maximum absolute atomic E-state index is 5.24. The third kappa shape index (κ3) is 1.32. The zero-order valence-corrected chi connectivity index (χ0v) is 8.99. The van der Waals surface area contributed by atoms with Gasteiger partial charge < -0.3 is 9.14 Å². The summed E-state index contributed by atoms with van der Waals surface area (Å²) in [6.45, 7) is 0. The van der Waals surface area contributed by atoms with E-state index in [1.165, 1.54) is 42.5 Å². The maximum Gasteiger partial charge on any atom is 0.122 e. The van der Waals surface area contributed by atoms with Crippen LogP contribution in [-0.4, -0.2) is 11.5 Å². The first-order chi connectivity index (χ1) is 7.38. The second kappa shape index (κ2) is 3.30. The number of hydrogen-bond acceptors (Lipinski definition) is 1. The van der Waals surface area contributed by atoms with E-state index in [-0.39, 0.29) is 0 Å². The lowest BCUT2D eigenvalue weighted by Crippen LogP contribution is -2.02. The molecule has 0 saturated heterocycles. The fraction of sp³-hybridized carbons (Fsp3) is 0.385. The van der Waals surface area contributed by atoms with Crippen LogP contribution in [0.25, 0.3) is 5.52 Å². The molecule has 1 aliphatic rings. The van der Waals surface area contributed by atoms with Gasteiger partial charge >= 0.3 is 0 Å². The molecule has 2 nitrogen and oxygen atoms in total. The van der Waals surface area contributed by atoms with Crippen LogP contribution in [-0.2, 0) is 12.8 Å². The molecule has 78 valence electrons. The molecular weight excluding hydrogens is 186 g/mol. The molecule has 0 fully saturated rings. The molecular formula is C13H15NO. The maximum atomic E-state index is 5.24. The Balaban J connectivity index is 2.22. The van der Waals surface area contributed by atoms with E-state index in [2.05, 4.69) is 22.7 Å². The number of hydrogen-bond donors (Lipinski definition) is 0. The van der Waals surface area contributed by atoms with E-state index in [4.69, 9.17) is 4.74 Å². The van der Waals surface area contributed by atoms with E-state index in [0.717, 1.165) is 5.75 Å². The quantitative estimate of drug-likeness (QED) is 0.691. The molecule has 0 unspecified atom stereocenters. The number of fused-ring (bicyclic) bond motifs is 3. The minimum Gasteiger partial charge on any atom is -0.497 e. The highest BCUT2D eigenvalue weighted by Crippen LogP contribution is 2.26. The van der Waals surface area contributed by atoms with Gasteiger partial charge in [0.25, 0.3) is 0 Å². The summed E-state index contributed by atoms with van der Waals surface area (Å²) in [5, 5.41) is 0. The monoisotopic (exact) mass is 201 g/mol. The van der Waals surface area contributed by atoms with Gasteiger partial charge in [-0.15, -0.1) is 0 Å². The molecule has 0 saturated carbocycles. The highest BCUT2D eigenvalue weighted by molar-refractivity contribution is 5.57. The molecule has 1 aliphatic carbocycles. The summed E-state index contributed by atoms with van der Waals surface area (Å²) in [5.41, 5.74) is 4.29. The first-order valence-corrected chi connectivity index (χ1v) is 5.55. The standard InChI is InChI=1S/C13H15NO/c1-15-12-6-7-14-11(9-12)8-10-4-2-3-5-13(10)14/h6-9H,2-5H2,1H3. The molecule has 2 heterocycles. The van der Waals surface area contributed by atoms with Crippen molar-refractivity contribution in [3.8, 4) is 5.75 Å². The average molecular weight is 201 g/mol. The average Bonchev–Trinajstić information content (AvgIpc) is 2.66. The van der Waals surface area contributed by atoms with Crippen molar-refractivity contribution in [2.75, 3.05) is 7.11 Å². The van der Waals surface area contributed by atoms with Crippen LogP contribution in [0.1, 0.15) is 24.1 Å². The number of methoxy groups -OCH3 is 1. The van der Waals surface area contributed by atoms with Crippen molar-refractivity contribution in [3.63, 3.8) is 0 Å². The van der Waals surface area contributed by atoms with Crippen LogP contribution in [0.15, 0.2) is 24.4 Å². The van der Waals surface area contributed by atoms with E-state index >= 15 is 0 Å². The highest BCUT2D eigenvalue weighted by atomic mass is 16.5. The lowest BCUT2D eigenvalue weighted by molar-refractivity contribution is 0.414. The zero-order chi connectivity index (χ0) is 10.3. The van der Waals surface area contributed by atoms with Crippen molar-refractivity contribution in [1.29, 1.82) is 0 Å².